The van der Waals surface area contributed by atoms with Gasteiger partial charge in [-0.3, -0.25) is 0 Å². The smallest absolute Gasteiger partial charge is 0.146 e. The normalized spacial score (nSPS) is 16.9. The fourth-order valence-corrected chi connectivity index (χ4v) is 5.01. The summed E-state index contributed by atoms with van der Waals surface area (Å²) in [7, 11) is 0. The molecule has 0 spiro atoms. The summed E-state index contributed by atoms with van der Waals surface area (Å²) in [5, 5.41) is 0.932. The Morgan fingerprint density at radius 1 is 0.528 bits per heavy atom. The molecule has 0 aliphatic heterocycles. The molecule has 0 radical (unpaired) electrons. The summed E-state index contributed by atoms with van der Waals surface area (Å²) >= 11 is 0. The second-order valence-electron chi connectivity index (χ2n) is 8.31. The average molecular weight is 474 g/mol. The number of hydrogen-bond acceptors (Lipinski definition) is 2. The van der Waals surface area contributed by atoms with Crippen molar-refractivity contribution in [1.82, 2.24) is 0 Å². The average Bonchev–Trinajstić information content (AvgIpc) is 3.70. The fourth-order valence-electron chi connectivity index (χ4n) is 5.01. The van der Waals surface area contributed by atoms with Gasteiger partial charge < -0.3 is 8.83 Å². The summed E-state index contributed by atoms with van der Waals surface area (Å²) in [4.78, 5) is 0. The highest BCUT2D eigenvalue weighted by molar-refractivity contribution is 6.25. The van der Waals surface area contributed by atoms with Gasteiger partial charge in [0, 0.05) is 21.9 Å². The number of hydrogen-bond donors (Lipinski definition) is 0. The van der Waals surface area contributed by atoms with Crippen molar-refractivity contribution in [1.29, 1.82) is 0 Å². The Balaban J connectivity index is 1.70. The Labute approximate surface area is 225 Å². The molecule has 0 bridgehead atoms. The van der Waals surface area contributed by atoms with Crippen molar-refractivity contribution in [2.75, 3.05) is 0 Å². The highest BCUT2D eigenvalue weighted by Gasteiger charge is 2.21. The molecule has 0 aliphatic rings. The molecular weight excluding hydrogens is 440 g/mol. The third-order valence-electron chi connectivity index (χ3n) is 6.47. The molecule has 2 nitrogen and oxygen atoms in total. The molecule has 8 rings (SSSR count). The quantitative estimate of drug-likeness (QED) is 0.233. The van der Waals surface area contributed by atoms with Gasteiger partial charge in [0.1, 0.15) is 16.7 Å². The highest BCUT2D eigenvalue weighted by Crippen LogP contribution is 2.47. The van der Waals surface area contributed by atoms with E-state index in [0.29, 0.717) is 27.5 Å². The first kappa shape index (κ1) is 10.8. The molecule has 2 heterocycles. The molecule has 2 aromatic heterocycles. The Kier molecular flexibility index (Phi) is 2.21. The minimum absolute atomic E-state index is 0.00557. The number of fused-ring (bicyclic) bond motifs is 7. The molecule has 0 saturated carbocycles. The van der Waals surface area contributed by atoms with E-state index in [1.54, 1.807) is 18.2 Å². The number of benzene rings is 6. The molecule has 0 fully saturated rings. The van der Waals surface area contributed by atoms with Crippen LogP contribution in [0.25, 0.3) is 76.7 Å². The van der Waals surface area contributed by atoms with Crippen LogP contribution in [0, 0.1) is 0 Å². The molecule has 36 heavy (non-hydrogen) atoms. The van der Waals surface area contributed by atoms with Crippen molar-refractivity contribution in [3.8, 4) is 22.3 Å². The molecule has 0 unspecified atom stereocenters. The van der Waals surface area contributed by atoms with Crippen molar-refractivity contribution in [2.24, 2.45) is 0 Å². The zero-order valence-electron chi connectivity index (χ0n) is 31.4. The van der Waals surface area contributed by atoms with Gasteiger partial charge in [0.05, 0.1) is 29.5 Å². The first-order valence-corrected chi connectivity index (χ1v) is 11.1. The third kappa shape index (κ3) is 2.61. The van der Waals surface area contributed by atoms with Gasteiger partial charge in [-0.15, -0.1) is 0 Å². The van der Waals surface area contributed by atoms with Crippen LogP contribution < -0.4 is 0 Å². The van der Waals surface area contributed by atoms with E-state index in [1.807, 2.05) is 18.2 Å². The van der Waals surface area contributed by atoms with E-state index in [9.17, 15) is 0 Å². The maximum Gasteiger partial charge on any atom is 0.146 e. The van der Waals surface area contributed by atoms with Gasteiger partial charge in [-0.2, -0.15) is 0 Å². The van der Waals surface area contributed by atoms with Crippen LogP contribution in [0.1, 0.15) is 17.8 Å². The van der Waals surface area contributed by atoms with Crippen molar-refractivity contribution in [3.05, 3.63) is 121 Å². The second-order valence-corrected chi connectivity index (χ2v) is 8.31. The van der Waals surface area contributed by atoms with Gasteiger partial charge >= 0.3 is 0 Å². The first-order valence-electron chi connectivity index (χ1n) is 17.6. The van der Waals surface area contributed by atoms with Crippen LogP contribution >= 0.6 is 0 Å². The van der Waals surface area contributed by atoms with E-state index in [-0.39, 0.29) is 38.2 Å². The standard InChI is InChI=1S/C34H20O2/c1-2-10-21(11-3-1)31-22-12-4-6-14-24(22)32(25-15-7-5-13-23(25)31)28-20-35-34-26(28)18-19-30-33(34)27-16-8-9-17-29(27)36-30/h1-20H/i1D,2D,3D,4D,5D,6D,7D,10D,11D,12D,13D,14D,15D. The van der Waals surface area contributed by atoms with Crippen LogP contribution in [0.2, 0.25) is 0 Å². The van der Waals surface area contributed by atoms with Gasteiger partial charge in [-0.25, -0.2) is 0 Å². The third-order valence-corrected chi connectivity index (χ3v) is 6.47. The SMILES string of the molecule is [2H]c1c([2H])c([2H])c(-c2c3c([2H])c([2H])c([2H])c([2H])c3c(-c3coc4c3ccc3oc5ccccc5c34)c3c([2H])c([2H])c([2H])c([2H])c23)c([2H])c1[2H]. The van der Waals surface area contributed by atoms with Gasteiger partial charge in [0.25, 0.3) is 0 Å². The Bertz CT molecular complexity index is 2710. The zero-order chi connectivity index (χ0) is 35.0. The molecule has 0 atom stereocenters. The van der Waals surface area contributed by atoms with Crippen LogP contribution in [0.3, 0.4) is 0 Å². The number of para-hydroxylation sites is 1. The summed E-state index contributed by atoms with van der Waals surface area (Å²) in [5.74, 6) is 0. The van der Waals surface area contributed by atoms with E-state index in [2.05, 4.69) is 0 Å². The van der Waals surface area contributed by atoms with Gasteiger partial charge in [-0.05, 0) is 50.9 Å². The minimum Gasteiger partial charge on any atom is -0.463 e. The first-order chi connectivity index (χ1) is 23.3. The summed E-state index contributed by atoms with van der Waals surface area (Å²) in [6.07, 6.45) is 1.35. The topological polar surface area (TPSA) is 26.3 Å². The number of furan rings is 2. The van der Waals surface area contributed by atoms with Crippen LogP contribution in [0.15, 0.2) is 130 Å². The zero-order valence-corrected chi connectivity index (χ0v) is 18.4. The summed E-state index contributed by atoms with van der Waals surface area (Å²) in [6.45, 7) is 0. The lowest BCUT2D eigenvalue weighted by Crippen LogP contribution is -1.90. The number of rotatable bonds is 2. The van der Waals surface area contributed by atoms with Crippen molar-refractivity contribution >= 4 is 54.5 Å². The second kappa shape index (κ2) is 7.34. The van der Waals surface area contributed by atoms with E-state index >= 15 is 0 Å². The Morgan fingerprint density at radius 2 is 1.17 bits per heavy atom. The molecule has 6 aromatic carbocycles. The van der Waals surface area contributed by atoms with Crippen molar-refractivity contribution in [3.63, 3.8) is 0 Å². The Hall–Kier alpha value is -4.82. The van der Waals surface area contributed by atoms with Crippen molar-refractivity contribution in [2.45, 2.75) is 0 Å². The summed E-state index contributed by atoms with van der Waals surface area (Å²) in [5.41, 5.74) is 0.947. The largest absolute Gasteiger partial charge is 0.463 e. The molecule has 8 aromatic rings. The van der Waals surface area contributed by atoms with Crippen molar-refractivity contribution < 1.29 is 26.7 Å². The van der Waals surface area contributed by atoms with E-state index in [1.165, 1.54) is 6.26 Å². The van der Waals surface area contributed by atoms with Gasteiger partial charge in [-0.1, -0.05) is 96.8 Å². The van der Waals surface area contributed by atoms with Gasteiger partial charge in [0.15, 0.2) is 0 Å². The maximum atomic E-state index is 9.15. The lowest BCUT2D eigenvalue weighted by Gasteiger charge is -2.17. The molecule has 0 amide bonds. The molecule has 2 heteroatoms. The van der Waals surface area contributed by atoms with Crippen LogP contribution in [-0.2, 0) is 0 Å². The summed E-state index contributed by atoms with van der Waals surface area (Å²) in [6, 6.07) is 2.19. The summed E-state index contributed by atoms with van der Waals surface area (Å²) < 4.78 is 126. The predicted octanol–water partition coefficient (Wildman–Crippen LogP) is 9.97. The van der Waals surface area contributed by atoms with E-state index < -0.39 is 84.1 Å². The van der Waals surface area contributed by atoms with E-state index in [4.69, 9.17) is 26.7 Å². The molecular formula is C34H20O2. The molecule has 168 valence electrons. The monoisotopic (exact) mass is 473 g/mol. The maximum absolute atomic E-state index is 9.15. The predicted molar refractivity (Wildman–Crippen MR) is 149 cm³/mol. The van der Waals surface area contributed by atoms with Crippen LogP contribution in [0.5, 0.6) is 0 Å². The lowest BCUT2D eigenvalue weighted by atomic mass is 9.86. The van der Waals surface area contributed by atoms with Crippen LogP contribution in [0.4, 0.5) is 0 Å². The Morgan fingerprint density at radius 3 is 1.89 bits per heavy atom. The highest BCUT2D eigenvalue weighted by atomic mass is 16.3. The molecule has 0 aliphatic carbocycles. The molecule has 0 saturated heterocycles. The van der Waals surface area contributed by atoms with Gasteiger partial charge in [0.2, 0.25) is 0 Å². The minimum atomic E-state index is -0.722. The fraction of sp³-hybridized carbons (Fsp3) is 0. The molecule has 0 N–H and O–H groups in total. The van der Waals surface area contributed by atoms with Crippen LogP contribution in [-0.4, -0.2) is 0 Å². The lowest BCUT2D eigenvalue weighted by molar-refractivity contribution is 0.619. The van der Waals surface area contributed by atoms with E-state index in [0.717, 1.165) is 5.39 Å².